The van der Waals surface area contributed by atoms with Crippen LogP contribution in [0.15, 0.2) is 121 Å². The van der Waals surface area contributed by atoms with Crippen LogP contribution in [0.4, 0.5) is 0 Å². The van der Waals surface area contributed by atoms with Crippen molar-refractivity contribution in [1.82, 2.24) is 0 Å². The molecule has 0 nitrogen and oxygen atoms in total. The van der Waals surface area contributed by atoms with Gasteiger partial charge in [-0.1, -0.05) is 121 Å². The van der Waals surface area contributed by atoms with E-state index >= 15 is 0 Å². The van der Waals surface area contributed by atoms with Crippen LogP contribution >= 0.6 is 15.8 Å². The summed E-state index contributed by atoms with van der Waals surface area (Å²) in [6, 6.07) is 44.2. The molecule has 1 aliphatic carbocycles. The van der Waals surface area contributed by atoms with Gasteiger partial charge in [-0.3, -0.25) is 0 Å². The molecule has 1 aliphatic rings. The summed E-state index contributed by atoms with van der Waals surface area (Å²) in [5.41, 5.74) is 0. The molecule has 0 heterocycles. The van der Waals surface area contributed by atoms with Crippen molar-refractivity contribution in [3.63, 3.8) is 0 Å². The quantitative estimate of drug-likeness (QED) is 0.108. The van der Waals surface area contributed by atoms with Gasteiger partial charge < -0.3 is 12.8 Å². The van der Waals surface area contributed by atoms with E-state index in [9.17, 15) is 0 Å². The molecule has 0 spiro atoms. The summed E-state index contributed by atoms with van der Waals surface area (Å²) < 4.78 is 0. The van der Waals surface area contributed by atoms with Crippen LogP contribution in [0.2, 0.25) is 0 Å². The third kappa shape index (κ3) is 9.70. The number of hydrogen-bond acceptors (Lipinski definition) is 0. The van der Waals surface area contributed by atoms with Crippen molar-refractivity contribution in [3.8, 4) is 6.42 Å². The first-order valence-electron chi connectivity index (χ1n) is 11.6. The van der Waals surface area contributed by atoms with Crippen molar-refractivity contribution >= 4 is 37.1 Å². The second-order valence-corrected chi connectivity index (χ2v) is 12.3. The maximum Gasteiger partial charge on any atom is 2.00 e. The Morgan fingerprint density at radius 3 is 0.778 bits per heavy atom. The molecule has 1 saturated carbocycles. The molecule has 36 heavy (non-hydrogen) atoms. The van der Waals surface area contributed by atoms with Crippen molar-refractivity contribution in [3.05, 3.63) is 160 Å². The maximum atomic E-state index is 5.25. The third-order valence-electron chi connectivity index (χ3n) is 5.37. The summed E-state index contributed by atoms with van der Waals surface area (Å²) in [6.07, 6.45) is 21.4. The van der Waals surface area contributed by atoms with E-state index in [1.54, 1.807) is 0 Å². The molecule has 4 aromatic carbocycles. The summed E-state index contributed by atoms with van der Waals surface area (Å²) in [4.78, 5) is 0. The van der Waals surface area contributed by atoms with Crippen LogP contribution in [0.5, 0.6) is 0 Å². The van der Waals surface area contributed by atoms with Crippen LogP contribution in [-0.2, 0) is 17.1 Å². The van der Waals surface area contributed by atoms with Crippen LogP contribution < -0.4 is 21.2 Å². The summed E-state index contributed by atoms with van der Waals surface area (Å²) in [7, 11) is -0.696. The Labute approximate surface area is 231 Å². The van der Waals surface area contributed by atoms with E-state index in [0.29, 0.717) is 0 Å². The average molecular weight is 544 g/mol. The largest absolute Gasteiger partial charge is 2.00 e. The van der Waals surface area contributed by atoms with Crippen LogP contribution in [-0.4, -0.2) is 12.3 Å². The summed E-state index contributed by atoms with van der Waals surface area (Å²) >= 11 is 0. The fourth-order valence-corrected chi connectivity index (χ4v) is 9.12. The van der Waals surface area contributed by atoms with Crippen molar-refractivity contribution in [2.24, 2.45) is 0 Å². The van der Waals surface area contributed by atoms with Crippen molar-refractivity contribution in [2.45, 2.75) is 0 Å². The Balaban J connectivity index is 0.000000501. The van der Waals surface area contributed by atoms with Gasteiger partial charge in [-0.15, -0.1) is 0 Å². The van der Waals surface area contributed by atoms with Gasteiger partial charge in [0.2, 0.25) is 0 Å². The molecular formula is C33H30FeP2+. The van der Waals surface area contributed by atoms with E-state index in [0.717, 1.165) is 0 Å². The number of terminal acetylenes is 1. The number of rotatable bonds is 7. The average Bonchev–Trinajstić information content (AvgIpc) is 3.55. The molecular weight excluding hydrogens is 514 g/mol. The van der Waals surface area contributed by atoms with Gasteiger partial charge in [0.25, 0.3) is 0 Å². The Morgan fingerprint density at radius 1 is 0.389 bits per heavy atom. The van der Waals surface area contributed by atoms with E-state index in [2.05, 4.69) is 128 Å². The van der Waals surface area contributed by atoms with Gasteiger partial charge in [0.1, 0.15) is 0 Å². The first-order chi connectivity index (χ1) is 17.4. The minimum atomic E-state index is -0.348. The smallest absolute Gasteiger partial charge is 0.697 e. The monoisotopic (exact) mass is 544 g/mol. The maximum absolute atomic E-state index is 5.25. The topological polar surface area (TPSA) is 0 Å². The van der Waals surface area contributed by atoms with Crippen molar-refractivity contribution in [2.75, 3.05) is 12.3 Å². The standard InChI is InChI=1S/C26H24P2.C5H5.C2H.Fe/c1-5-13-23(14-6-1)27(24-15-7-2-8-16-24)21-22-28(25-17-9-3-10-18-25)26-19-11-4-12-20-26;1-2-4-5-3-1;1-2;/h1-20H,21-22H2;1-5H;1H;/q;;-1;+2. The molecule has 0 N–H and O–H groups in total. The molecule has 0 aliphatic heterocycles. The molecule has 0 saturated heterocycles. The number of hydrogen-bond donors (Lipinski definition) is 0. The van der Waals surface area contributed by atoms with Gasteiger partial charge in [0, 0.05) is 0 Å². The first kappa shape index (κ1) is 30.0. The summed E-state index contributed by atoms with van der Waals surface area (Å²) in [5, 5.41) is 5.89. The molecule has 3 heteroatoms. The van der Waals surface area contributed by atoms with Gasteiger partial charge in [-0.25, -0.2) is 0 Å². The second-order valence-electron chi connectivity index (χ2n) is 7.61. The van der Waals surface area contributed by atoms with E-state index in [1.165, 1.54) is 33.5 Å². The molecule has 0 atom stereocenters. The SMILES string of the molecule is [C-]#C.[CH]1[CH][CH][CH][CH]1.[Fe+2].c1ccc(P(CCP(c2ccccc2)c2ccccc2)c2ccccc2)cc1. The molecule has 4 aromatic rings. The molecule has 0 aromatic heterocycles. The summed E-state index contributed by atoms with van der Waals surface area (Å²) in [5.74, 6) is 0. The van der Waals surface area contributed by atoms with E-state index in [1.807, 2.05) is 32.1 Å². The zero-order valence-corrected chi connectivity index (χ0v) is 23.1. The molecule has 1 fully saturated rings. The van der Waals surface area contributed by atoms with Crippen molar-refractivity contribution < 1.29 is 17.1 Å². The fourth-order valence-electron chi connectivity index (χ4n) is 3.77. The molecule has 5 radical (unpaired) electrons. The van der Waals surface area contributed by atoms with Crippen LogP contribution in [0.25, 0.3) is 0 Å². The normalized spacial score (nSPS) is 12.0. The third-order valence-corrected chi connectivity index (χ3v) is 10.8. The Bertz CT molecular complexity index is 909. The fraction of sp³-hybridized carbons (Fsp3) is 0.0606. The Hall–Kier alpha value is -2.18. The Kier molecular flexibility index (Phi) is 15.1. The van der Waals surface area contributed by atoms with Crippen LogP contribution in [0, 0.1) is 45.0 Å². The van der Waals surface area contributed by atoms with Crippen molar-refractivity contribution in [1.29, 1.82) is 0 Å². The van der Waals surface area contributed by atoms with E-state index in [-0.39, 0.29) is 32.9 Å². The molecule has 179 valence electrons. The second kappa shape index (κ2) is 18.1. The minimum absolute atomic E-state index is 0. The molecule has 5 rings (SSSR count). The van der Waals surface area contributed by atoms with Gasteiger partial charge in [-0.2, -0.15) is 0 Å². The van der Waals surface area contributed by atoms with Gasteiger partial charge in [0.15, 0.2) is 0 Å². The predicted molar refractivity (Wildman–Crippen MR) is 158 cm³/mol. The minimum Gasteiger partial charge on any atom is -0.697 e. The van der Waals surface area contributed by atoms with Crippen LogP contribution in [0.1, 0.15) is 0 Å². The van der Waals surface area contributed by atoms with Gasteiger partial charge in [-0.05, 0) is 81.5 Å². The van der Waals surface area contributed by atoms with E-state index < -0.39 is 0 Å². The molecule has 0 unspecified atom stereocenters. The summed E-state index contributed by atoms with van der Waals surface area (Å²) in [6.45, 7) is 0. The number of benzene rings is 4. The first-order valence-corrected chi connectivity index (χ1v) is 14.7. The predicted octanol–water partition coefficient (Wildman–Crippen LogP) is 6.48. The molecule has 0 amide bonds. The van der Waals surface area contributed by atoms with Crippen LogP contribution in [0.3, 0.4) is 0 Å². The zero-order chi connectivity index (χ0) is 24.6. The van der Waals surface area contributed by atoms with Gasteiger partial charge in [0.05, 0.1) is 0 Å². The zero-order valence-electron chi connectivity index (χ0n) is 20.2. The molecule has 0 bridgehead atoms. The Morgan fingerprint density at radius 2 is 0.583 bits per heavy atom. The van der Waals surface area contributed by atoms with Gasteiger partial charge >= 0.3 is 17.1 Å². The van der Waals surface area contributed by atoms with E-state index in [4.69, 9.17) is 6.42 Å².